The Bertz CT molecular complexity index is 145. The molecule has 0 amide bonds. The number of hydrogen-bond acceptors (Lipinski definition) is 2. The van der Waals surface area contributed by atoms with Gasteiger partial charge in [-0.25, -0.2) is 0 Å². The van der Waals surface area contributed by atoms with Crippen LogP contribution in [0.2, 0.25) is 0 Å². The van der Waals surface area contributed by atoms with Gasteiger partial charge in [0.15, 0.2) is 0 Å². The summed E-state index contributed by atoms with van der Waals surface area (Å²) in [6.07, 6.45) is 7.99. The topological polar surface area (TPSA) is 12.5 Å². The summed E-state index contributed by atoms with van der Waals surface area (Å²) >= 11 is 2.29. The summed E-state index contributed by atoms with van der Waals surface area (Å²) in [5, 5.41) is 1.83. The van der Waals surface area contributed by atoms with Crippen LogP contribution < -0.4 is 0 Å². The molecule has 1 aliphatic rings. The van der Waals surface area contributed by atoms with Crippen molar-refractivity contribution >= 4 is 22.6 Å². The Morgan fingerprint density at radius 1 is 1.50 bits per heavy atom. The Balaban J connectivity index is 2.17. The lowest BCUT2D eigenvalue weighted by atomic mass is 10.4. The minimum atomic E-state index is 0.790. The smallest absolute Gasteiger partial charge is 0.0838 e. The largest absolute Gasteiger partial charge is 0.273 e. The van der Waals surface area contributed by atoms with E-state index in [2.05, 4.69) is 28.7 Å². The van der Waals surface area contributed by atoms with Crippen LogP contribution in [0, 0.1) is 0 Å². The highest BCUT2D eigenvalue weighted by molar-refractivity contribution is 14.1. The fraction of sp³-hybridized carbons (Fsp3) is 0.429. The second kappa shape index (κ2) is 4.73. The van der Waals surface area contributed by atoms with Crippen molar-refractivity contribution < 1.29 is 4.84 Å². The van der Waals surface area contributed by atoms with Gasteiger partial charge in [0.1, 0.15) is 0 Å². The van der Waals surface area contributed by atoms with Crippen molar-refractivity contribution in [2.45, 2.75) is 0 Å². The SMILES string of the molecule is ICCON1C=CC=CC1. The van der Waals surface area contributed by atoms with Crippen LogP contribution in [0.15, 0.2) is 24.4 Å². The van der Waals surface area contributed by atoms with E-state index in [0.29, 0.717) is 0 Å². The van der Waals surface area contributed by atoms with Gasteiger partial charge in [-0.1, -0.05) is 34.7 Å². The van der Waals surface area contributed by atoms with Gasteiger partial charge in [-0.15, -0.1) is 0 Å². The van der Waals surface area contributed by atoms with Crippen molar-refractivity contribution in [2.75, 3.05) is 17.6 Å². The molecule has 0 aromatic rings. The Hall–Kier alpha value is -0.0300. The Morgan fingerprint density at radius 3 is 3.00 bits per heavy atom. The first-order valence-corrected chi connectivity index (χ1v) is 4.75. The maximum atomic E-state index is 5.32. The first kappa shape index (κ1) is 8.07. The molecule has 0 aromatic heterocycles. The van der Waals surface area contributed by atoms with E-state index in [1.807, 2.05) is 23.4 Å². The van der Waals surface area contributed by atoms with Crippen molar-refractivity contribution in [3.05, 3.63) is 24.4 Å². The maximum absolute atomic E-state index is 5.32. The first-order valence-electron chi connectivity index (χ1n) is 3.22. The molecule has 1 aliphatic heterocycles. The molecular weight excluding hydrogens is 241 g/mol. The summed E-state index contributed by atoms with van der Waals surface area (Å²) in [5.41, 5.74) is 0. The molecule has 3 heteroatoms. The lowest BCUT2D eigenvalue weighted by Gasteiger charge is -2.18. The Labute approximate surface area is 74.6 Å². The van der Waals surface area contributed by atoms with E-state index < -0.39 is 0 Å². The number of hydrogen-bond donors (Lipinski definition) is 0. The molecule has 1 heterocycles. The molecule has 0 saturated carbocycles. The minimum absolute atomic E-state index is 0.790. The summed E-state index contributed by atoms with van der Waals surface area (Å²) in [5.74, 6) is 0. The molecule has 0 N–H and O–H groups in total. The number of alkyl halides is 1. The summed E-state index contributed by atoms with van der Waals surface area (Å²) in [6.45, 7) is 1.66. The van der Waals surface area contributed by atoms with Gasteiger partial charge in [0.2, 0.25) is 0 Å². The summed E-state index contributed by atoms with van der Waals surface area (Å²) in [7, 11) is 0. The molecule has 0 bridgehead atoms. The molecule has 0 fully saturated rings. The Morgan fingerprint density at radius 2 is 2.40 bits per heavy atom. The highest BCUT2D eigenvalue weighted by Gasteiger charge is 1.97. The van der Waals surface area contributed by atoms with Gasteiger partial charge in [-0.2, -0.15) is 0 Å². The van der Waals surface area contributed by atoms with Gasteiger partial charge in [0.25, 0.3) is 0 Å². The number of hydroxylamine groups is 2. The van der Waals surface area contributed by atoms with Gasteiger partial charge in [0.05, 0.1) is 13.2 Å². The van der Waals surface area contributed by atoms with Crippen molar-refractivity contribution in [1.82, 2.24) is 5.06 Å². The summed E-state index contributed by atoms with van der Waals surface area (Å²) in [4.78, 5) is 5.32. The standard InChI is InChI=1S/C7H10INO/c8-4-7-10-9-5-2-1-3-6-9/h1-3,5H,4,6-7H2. The van der Waals surface area contributed by atoms with Gasteiger partial charge in [-0.05, 0) is 6.08 Å². The number of nitrogens with zero attached hydrogens (tertiary/aromatic N) is 1. The van der Waals surface area contributed by atoms with Gasteiger partial charge >= 0.3 is 0 Å². The predicted octanol–water partition coefficient (Wildman–Crippen LogP) is 1.74. The average Bonchev–Trinajstić information content (AvgIpc) is 2.03. The zero-order chi connectivity index (χ0) is 7.23. The summed E-state index contributed by atoms with van der Waals surface area (Å²) in [6, 6.07) is 0. The van der Waals surface area contributed by atoms with Crippen LogP contribution in [0.4, 0.5) is 0 Å². The molecule has 0 spiro atoms. The van der Waals surface area contributed by atoms with E-state index >= 15 is 0 Å². The lowest BCUT2D eigenvalue weighted by Crippen LogP contribution is -2.20. The van der Waals surface area contributed by atoms with E-state index in [0.717, 1.165) is 17.6 Å². The van der Waals surface area contributed by atoms with Crippen molar-refractivity contribution in [3.8, 4) is 0 Å². The molecule has 0 radical (unpaired) electrons. The quantitative estimate of drug-likeness (QED) is 0.559. The third-order valence-electron chi connectivity index (χ3n) is 1.12. The van der Waals surface area contributed by atoms with Crippen LogP contribution in [-0.2, 0) is 4.84 Å². The Kier molecular flexibility index (Phi) is 3.82. The van der Waals surface area contributed by atoms with Crippen molar-refractivity contribution in [2.24, 2.45) is 0 Å². The molecule has 1 rings (SSSR count). The zero-order valence-corrected chi connectivity index (χ0v) is 7.82. The second-order valence-corrected chi connectivity index (χ2v) is 2.97. The van der Waals surface area contributed by atoms with Crippen LogP contribution in [-0.4, -0.2) is 22.6 Å². The zero-order valence-electron chi connectivity index (χ0n) is 5.66. The van der Waals surface area contributed by atoms with Gasteiger partial charge < -0.3 is 0 Å². The van der Waals surface area contributed by atoms with Crippen LogP contribution in [0.25, 0.3) is 0 Å². The predicted molar refractivity (Wildman–Crippen MR) is 49.8 cm³/mol. The molecule has 0 unspecified atom stereocenters. The van der Waals surface area contributed by atoms with Crippen LogP contribution >= 0.6 is 22.6 Å². The fourth-order valence-electron chi connectivity index (χ4n) is 0.697. The monoisotopic (exact) mass is 251 g/mol. The van der Waals surface area contributed by atoms with Crippen LogP contribution in [0.3, 0.4) is 0 Å². The summed E-state index contributed by atoms with van der Waals surface area (Å²) < 4.78 is 1.03. The molecule has 0 aliphatic carbocycles. The van der Waals surface area contributed by atoms with E-state index in [1.165, 1.54) is 0 Å². The lowest BCUT2D eigenvalue weighted by molar-refractivity contribution is -0.105. The number of rotatable bonds is 3. The normalized spacial score (nSPS) is 16.3. The molecular formula is C7H10INO. The van der Waals surface area contributed by atoms with Gasteiger partial charge in [-0.3, -0.25) is 9.90 Å². The van der Waals surface area contributed by atoms with Crippen molar-refractivity contribution in [3.63, 3.8) is 0 Å². The number of allylic oxidation sites excluding steroid dienone is 2. The van der Waals surface area contributed by atoms with E-state index in [9.17, 15) is 0 Å². The van der Waals surface area contributed by atoms with Crippen LogP contribution in [0.1, 0.15) is 0 Å². The van der Waals surface area contributed by atoms with Gasteiger partial charge in [0, 0.05) is 10.6 Å². The van der Waals surface area contributed by atoms with E-state index in [1.54, 1.807) is 0 Å². The van der Waals surface area contributed by atoms with Crippen molar-refractivity contribution in [1.29, 1.82) is 0 Å². The van der Waals surface area contributed by atoms with E-state index in [4.69, 9.17) is 4.84 Å². The van der Waals surface area contributed by atoms with E-state index in [-0.39, 0.29) is 0 Å². The third-order valence-corrected chi connectivity index (χ3v) is 1.56. The highest BCUT2D eigenvalue weighted by atomic mass is 127. The third kappa shape index (κ3) is 2.70. The average molecular weight is 251 g/mol. The number of halogens is 1. The fourth-order valence-corrected chi connectivity index (χ4v) is 0.894. The maximum Gasteiger partial charge on any atom is 0.0838 e. The first-order chi connectivity index (χ1) is 4.93. The molecule has 0 atom stereocenters. The molecule has 2 nitrogen and oxygen atoms in total. The molecule has 56 valence electrons. The minimum Gasteiger partial charge on any atom is -0.273 e. The molecule has 10 heavy (non-hydrogen) atoms. The highest BCUT2D eigenvalue weighted by Crippen LogP contribution is 1.99. The second-order valence-electron chi connectivity index (χ2n) is 1.89. The molecule has 0 saturated heterocycles. The molecule has 0 aromatic carbocycles. The van der Waals surface area contributed by atoms with Crippen LogP contribution in [0.5, 0.6) is 0 Å².